The molecule has 3 aliphatic rings. The van der Waals surface area contributed by atoms with Gasteiger partial charge in [-0.2, -0.15) is 4.98 Å². The molecule has 0 radical (unpaired) electrons. The predicted molar refractivity (Wildman–Crippen MR) is 89.0 cm³/mol. The van der Waals surface area contributed by atoms with Gasteiger partial charge in [-0.3, -0.25) is 0 Å². The van der Waals surface area contributed by atoms with Gasteiger partial charge in [0.15, 0.2) is 0 Å². The van der Waals surface area contributed by atoms with Gasteiger partial charge in [-0.05, 0) is 44.6 Å². The first-order chi connectivity index (χ1) is 10.7. The molecule has 120 valence electrons. The molecule has 22 heavy (non-hydrogen) atoms. The third kappa shape index (κ3) is 2.26. The Labute approximate surface area is 132 Å². The van der Waals surface area contributed by atoms with Crippen molar-refractivity contribution in [3.05, 3.63) is 11.3 Å². The lowest BCUT2D eigenvalue weighted by atomic mass is 9.71. The van der Waals surface area contributed by atoms with Crippen molar-refractivity contribution in [2.75, 3.05) is 24.1 Å². The lowest BCUT2D eigenvalue weighted by Gasteiger charge is -2.35. The van der Waals surface area contributed by atoms with Crippen LogP contribution in [0.4, 0.5) is 11.8 Å². The summed E-state index contributed by atoms with van der Waals surface area (Å²) < 4.78 is 0. The van der Waals surface area contributed by atoms with E-state index in [-0.39, 0.29) is 0 Å². The van der Waals surface area contributed by atoms with Crippen LogP contribution in [0.15, 0.2) is 0 Å². The molecule has 5 nitrogen and oxygen atoms in total. The summed E-state index contributed by atoms with van der Waals surface area (Å²) in [6.45, 7) is 4.36. The summed E-state index contributed by atoms with van der Waals surface area (Å²) in [6, 6.07) is 0.444. The maximum atomic E-state index is 6.06. The molecule has 4 rings (SSSR count). The first-order valence-corrected chi connectivity index (χ1v) is 8.82. The highest BCUT2D eigenvalue weighted by Gasteiger charge is 2.42. The summed E-state index contributed by atoms with van der Waals surface area (Å²) in [4.78, 5) is 9.28. The second-order valence-electron chi connectivity index (χ2n) is 7.48. The maximum absolute atomic E-state index is 6.06. The van der Waals surface area contributed by atoms with Crippen molar-refractivity contribution in [1.29, 1.82) is 0 Å². The molecule has 2 fully saturated rings. The van der Waals surface area contributed by atoms with Crippen LogP contribution in [0.2, 0.25) is 0 Å². The van der Waals surface area contributed by atoms with Gasteiger partial charge >= 0.3 is 0 Å². The van der Waals surface area contributed by atoms with Crippen LogP contribution in [0.3, 0.4) is 0 Å². The van der Waals surface area contributed by atoms with Crippen LogP contribution in [0, 0.1) is 5.92 Å². The average molecular weight is 301 g/mol. The molecule has 5 heteroatoms. The van der Waals surface area contributed by atoms with Gasteiger partial charge in [0.1, 0.15) is 5.82 Å². The average Bonchev–Trinajstić information content (AvgIpc) is 3.11. The lowest BCUT2D eigenvalue weighted by molar-refractivity contribution is 0.357. The van der Waals surface area contributed by atoms with Crippen molar-refractivity contribution in [1.82, 2.24) is 15.3 Å². The Kier molecular flexibility index (Phi) is 3.48. The molecule has 0 amide bonds. The fraction of sp³-hybridized carbons (Fsp3) is 0.765. The Morgan fingerprint density at radius 3 is 2.64 bits per heavy atom. The molecular formula is C17H27N5. The minimum absolute atomic E-state index is 0.292. The van der Waals surface area contributed by atoms with E-state index in [1.54, 1.807) is 0 Å². The standard InChI is InChI=1S/C17H27N5/c1-11-9-19-10-13(11)20-15-12-5-4-8-17(6-2-3-7-17)14(12)21-16(18)22-15/h11,13,19H,2-10H2,1H3,(H3,18,20,21,22). The highest BCUT2D eigenvalue weighted by atomic mass is 15.1. The molecule has 1 aromatic rings. The number of nitrogens with one attached hydrogen (secondary N) is 2. The van der Waals surface area contributed by atoms with E-state index in [9.17, 15) is 0 Å². The molecule has 1 saturated carbocycles. The second kappa shape index (κ2) is 5.37. The van der Waals surface area contributed by atoms with Crippen LogP contribution in [-0.2, 0) is 11.8 Å². The molecule has 2 atom stereocenters. The fourth-order valence-corrected chi connectivity index (χ4v) is 4.74. The topological polar surface area (TPSA) is 75.9 Å². The molecular weight excluding hydrogens is 274 g/mol. The van der Waals surface area contributed by atoms with E-state index < -0.39 is 0 Å². The number of rotatable bonds is 2. The van der Waals surface area contributed by atoms with Gasteiger partial charge in [0, 0.05) is 23.6 Å². The Hall–Kier alpha value is -1.36. The van der Waals surface area contributed by atoms with E-state index >= 15 is 0 Å². The van der Waals surface area contributed by atoms with Crippen molar-refractivity contribution in [2.24, 2.45) is 5.92 Å². The van der Waals surface area contributed by atoms with Crippen LogP contribution in [0.25, 0.3) is 0 Å². The minimum Gasteiger partial charge on any atom is -0.368 e. The maximum Gasteiger partial charge on any atom is 0.222 e. The van der Waals surface area contributed by atoms with E-state index in [0.717, 1.165) is 25.3 Å². The predicted octanol–water partition coefficient (Wildman–Crippen LogP) is 2.23. The Morgan fingerprint density at radius 1 is 1.14 bits per heavy atom. The monoisotopic (exact) mass is 301 g/mol. The minimum atomic E-state index is 0.292. The van der Waals surface area contributed by atoms with E-state index in [4.69, 9.17) is 10.7 Å². The van der Waals surface area contributed by atoms with Gasteiger partial charge in [-0.1, -0.05) is 19.8 Å². The summed E-state index contributed by atoms with van der Waals surface area (Å²) in [6.07, 6.45) is 8.83. The molecule has 0 aromatic carbocycles. The van der Waals surface area contributed by atoms with Crippen LogP contribution >= 0.6 is 0 Å². The number of nitrogen functional groups attached to an aromatic ring is 1. The molecule has 1 spiro atoms. The van der Waals surface area contributed by atoms with E-state index in [1.165, 1.54) is 49.8 Å². The number of fused-ring (bicyclic) bond motifs is 2. The van der Waals surface area contributed by atoms with Crippen molar-refractivity contribution in [3.8, 4) is 0 Å². The van der Waals surface area contributed by atoms with Gasteiger partial charge in [0.05, 0.1) is 5.69 Å². The molecule has 1 saturated heterocycles. The SMILES string of the molecule is CC1CNCC1Nc1nc(N)nc2c1CCCC21CCCC1. The van der Waals surface area contributed by atoms with Gasteiger partial charge < -0.3 is 16.4 Å². The lowest BCUT2D eigenvalue weighted by Crippen LogP contribution is -2.33. The molecule has 2 heterocycles. The summed E-state index contributed by atoms with van der Waals surface area (Å²) >= 11 is 0. The van der Waals surface area contributed by atoms with Gasteiger partial charge in [0.25, 0.3) is 0 Å². The van der Waals surface area contributed by atoms with Crippen LogP contribution in [-0.4, -0.2) is 29.1 Å². The number of hydrogen-bond acceptors (Lipinski definition) is 5. The summed E-state index contributed by atoms with van der Waals surface area (Å²) in [5, 5.41) is 7.12. The Bertz CT molecular complexity index is 564. The Balaban J connectivity index is 1.72. The normalized spacial score (nSPS) is 29.7. The number of nitrogens with zero attached hydrogens (tertiary/aromatic N) is 2. The van der Waals surface area contributed by atoms with Gasteiger partial charge in [-0.25, -0.2) is 4.98 Å². The first-order valence-electron chi connectivity index (χ1n) is 8.82. The largest absolute Gasteiger partial charge is 0.368 e. The molecule has 0 bridgehead atoms. The number of hydrogen-bond donors (Lipinski definition) is 3. The van der Waals surface area contributed by atoms with Crippen molar-refractivity contribution >= 4 is 11.8 Å². The molecule has 1 aliphatic heterocycles. The van der Waals surface area contributed by atoms with Gasteiger partial charge in [0.2, 0.25) is 5.95 Å². The highest BCUT2D eigenvalue weighted by molar-refractivity contribution is 5.54. The van der Waals surface area contributed by atoms with Gasteiger partial charge in [-0.15, -0.1) is 0 Å². The number of nitrogens with two attached hydrogens (primary N) is 1. The van der Waals surface area contributed by atoms with Crippen molar-refractivity contribution in [3.63, 3.8) is 0 Å². The van der Waals surface area contributed by atoms with E-state index in [0.29, 0.717) is 23.3 Å². The van der Waals surface area contributed by atoms with Crippen LogP contribution < -0.4 is 16.4 Å². The molecule has 4 N–H and O–H groups in total. The molecule has 2 unspecified atom stereocenters. The zero-order chi connectivity index (χ0) is 15.2. The third-order valence-corrected chi connectivity index (χ3v) is 6.01. The zero-order valence-corrected chi connectivity index (χ0v) is 13.5. The second-order valence-corrected chi connectivity index (χ2v) is 7.48. The number of anilines is 2. The number of aromatic nitrogens is 2. The third-order valence-electron chi connectivity index (χ3n) is 6.01. The quantitative estimate of drug-likeness (QED) is 0.781. The van der Waals surface area contributed by atoms with Crippen molar-refractivity contribution in [2.45, 2.75) is 63.3 Å². The molecule has 1 aromatic heterocycles. The smallest absolute Gasteiger partial charge is 0.222 e. The summed E-state index contributed by atoms with van der Waals surface area (Å²) in [7, 11) is 0. The van der Waals surface area contributed by atoms with Crippen LogP contribution in [0.1, 0.15) is 56.7 Å². The van der Waals surface area contributed by atoms with E-state index in [1.807, 2.05) is 0 Å². The Morgan fingerprint density at radius 2 is 1.91 bits per heavy atom. The van der Waals surface area contributed by atoms with Crippen molar-refractivity contribution < 1.29 is 0 Å². The van der Waals surface area contributed by atoms with E-state index in [2.05, 4.69) is 22.5 Å². The summed E-state index contributed by atoms with van der Waals surface area (Å²) in [5.74, 6) is 2.07. The highest BCUT2D eigenvalue weighted by Crippen LogP contribution is 2.49. The van der Waals surface area contributed by atoms with Crippen LogP contribution in [0.5, 0.6) is 0 Å². The summed E-state index contributed by atoms with van der Waals surface area (Å²) in [5.41, 5.74) is 8.97. The first kappa shape index (κ1) is 14.2. The fourth-order valence-electron chi connectivity index (χ4n) is 4.74. The zero-order valence-electron chi connectivity index (χ0n) is 13.5. The molecule has 2 aliphatic carbocycles.